The molecule has 0 unspecified atom stereocenters. The minimum Gasteiger partial charge on any atom is -0.385 e. The lowest BCUT2D eigenvalue weighted by molar-refractivity contribution is -0.0233. The molecule has 0 aliphatic carbocycles. The Bertz CT molecular complexity index is 981. The third-order valence-corrected chi connectivity index (χ3v) is 5.77. The molecule has 2 aromatic heterocycles. The maximum absolute atomic E-state index is 11.0. The van der Waals surface area contributed by atoms with Gasteiger partial charge in [0.2, 0.25) is 0 Å². The number of aliphatic hydroxyl groups is 1. The van der Waals surface area contributed by atoms with Crippen molar-refractivity contribution in [3.05, 3.63) is 76.8 Å². The van der Waals surface area contributed by atoms with E-state index in [1.165, 1.54) is 0 Å². The highest BCUT2D eigenvalue weighted by atomic mass is 35.5. The first kappa shape index (κ1) is 22.4. The van der Waals surface area contributed by atoms with E-state index in [4.69, 9.17) is 11.6 Å². The molecule has 1 N–H and O–H groups in total. The zero-order valence-corrected chi connectivity index (χ0v) is 18.4. The summed E-state index contributed by atoms with van der Waals surface area (Å²) in [5.41, 5.74) is 2.23. The van der Waals surface area contributed by atoms with Crippen LogP contribution in [0, 0.1) is 6.92 Å². The predicted molar refractivity (Wildman–Crippen MR) is 121 cm³/mol. The number of piperidine rings is 1. The molecule has 0 amide bonds. The summed E-state index contributed by atoms with van der Waals surface area (Å²) in [6, 6.07) is 9.32. The van der Waals surface area contributed by atoms with Crippen molar-refractivity contribution in [2.45, 2.75) is 25.4 Å². The van der Waals surface area contributed by atoms with Crippen LogP contribution in [0.4, 0.5) is 0 Å². The minimum absolute atomic E-state index is 0. The largest absolute Gasteiger partial charge is 0.385 e. The molecular weight excluding hydrogens is 421 g/mol. The lowest BCUT2D eigenvalue weighted by atomic mass is 9.84. The second-order valence-corrected chi connectivity index (χ2v) is 7.82. The second-order valence-electron chi connectivity index (χ2n) is 7.39. The summed E-state index contributed by atoms with van der Waals surface area (Å²) in [5, 5.41) is 16.1. The van der Waals surface area contributed by atoms with Gasteiger partial charge in [-0.15, -0.1) is 12.4 Å². The first-order valence-corrected chi connectivity index (χ1v) is 10.1. The standard InChI is InChI=1S/C22H24ClN5O.ClH/c1-17-18(16-26-28(17)21-24-11-3-12-25-21)4-2-13-27-14-9-22(29,10-15-27)19-5-7-20(23)8-6-19;/h2-8,11-12,16,29H,9-10,13-15H2,1H3;1H. The Hall–Kier alpha value is -2.25. The summed E-state index contributed by atoms with van der Waals surface area (Å²) in [5.74, 6) is 0.571. The third kappa shape index (κ3) is 4.90. The summed E-state index contributed by atoms with van der Waals surface area (Å²) in [6.07, 6.45) is 10.9. The van der Waals surface area contributed by atoms with E-state index in [0.29, 0.717) is 23.8 Å². The van der Waals surface area contributed by atoms with Crippen molar-refractivity contribution >= 4 is 30.1 Å². The van der Waals surface area contributed by atoms with Gasteiger partial charge in [-0.2, -0.15) is 5.10 Å². The van der Waals surface area contributed by atoms with E-state index < -0.39 is 5.60 Å². The quantitative estimate of drug-likeness (QED) is 0.641. The van der Waals surface area contributed by atoms with Gasteiger partial charge in [0.15, 0.2) is 0 Å². The zero-order chi connectivity index (χ0) is 20.3. The molecule has 158 valence electrons. The highest BCUT2D eigenvalue weighted by Crippen LogP contribution is 2.33. The van der Waals surface area contributed by atoms with Gasteiger partial charge in [0.25, 0.3) is 5.95 Å². The highest BCUT2D eigenvalue weighted by Gasteiger charge is 2.33. The smallest absolute Gasteiger partial charge is 0.250 e. The molecule has 0 radical (unpaired) electrons. The summed E-state index contributed by atoms with van der Waals surface area (Å²) in [7, 11) is 0. The maximum Gasteiger partial charge on any atom is 0.250 e. The molecule has 3 aromatic rings. The summed E-state index contributed by atoms with van der Waals surface area (Å²) in [6.45, 7) is 4.54. The molecule has 0 bridgehead atoms. The molecule has 1 fully saturated rings. The molecule has 0 atom stereocenters. The van der Waals surface area contributed by atoms with Gasteiger partial charge in [0.05, 0.1) is 17.5 Å². The van der Waals surface area contributed by atoms with Crippen LogP contribution in [0.25, 0.3) is 12.0 Å². The van der Waals surface area contributed by atoms with Crippen molar-refractivity contribution in [3.8, 4) is 5.95 Å². The maximum atomic E-state index is 11.0. The van der Waals surface area contributed by atoms with E-state index in [1.54, 1.807) is 23.1 Å². The minimum atomic E-state index is -0.766. The number of hydrogen-bond donors (Lipinski definition) is 1. The van der Waals surface area contributed by atoms with Gasteiger partial charge >= 0.3 is 0 Å². The van der Waals surface area contributed by atoms with E-state index in [-0.39, 0.29) is 12.4 Å². The number of rotatable bonds is 5. The number of aromatic nitrogens is 4. The fraction of sp³-hybridized carbons (Fsp3) is 0.318. The van der Waals surface area contributed by atoms with Crippen molar-refractivity contribution in [3.63, 3.8) is 0 Å². The van der Waals surface area contributed by atoms with Crippen molar-refractivity contribution < 1.29 is 5.11 Å². The van der Waals surface area contributed by atoms with Gasteiger partial charge in [0, 0.05) is 42.6 Å². The van der Waals surface area contributed by atoms with Gasteiger partial charge in [-0.1, -0.05) is 35.9 Å². The van der Waals surface area contributed by atoms with Gasteiger partial charge in [-0.05, 0) is 43.5 Å². The van der Waals surface area contributed by atoms with E-state index in [1.807, 2.05) is 37.4 Å². The molecule has 3 heterocycles. The molecule has 30 heavy (non-hydrogen) atoms. The van der Waals surface area contributed by atoms with Gasteiger partial charge in [-0.25, -0.2) is 14.6 Å². The van der Waals surface area contributed by atoms with Gasteiger partial charge in [0.1, 0.15) is 0 Å². The van der Waals surface area contributed by atoms with Crippen LogP contribution in [0.2, 0.25) is 5.02 Å². The molecule has 6 nitrogen and oxygen atoms in total. The third-order valence-electron chi connectivity index (χ3n) is 5.52. The Kier molecular flexibility index (Phi) is 7.26. The highest BCUT2D eigenvalue weighted by molar-refractivity contribution is 6.30. The van der Waals surface area contributed by atoms with E-state index in [9.17, 15) is 5.11 Å². The van der Waals surface area contributed by atoms with E-state index in [2.05, 4.69) is 32.1 Å². The van der Waals surface area contributed by atoms with Gasteiger partial charge < -0.3 is 5.11 Å². The Morgan fingerprint density at radius 1 is 1.13 bits per heavy atom. The zero-order valence-electron chi connectivity index (χ0n) is 16.8. The van der Waals surface area contributed by atoms with Crippen LogP contribution in [0.1, 0.15) is 29.7 Å². The SMILES string of the molecule is Cc1c(C=CCN2CCC(O)(c3ccc(Cl)cc3)CC2)cnn1-c1ncccn1.Cl. The molecule has 0 saturated carbocycles. The molecule has 1 aliphatic rings. The van der Waals surface area contributed by atoms with Crippen LogP contribution in [-0.4, -0.2) is 49.4 Å². The van der Waals surface area contributed by atoms with E-state index >= 15 is 0 Å². The summed E-state index contributed by atoms with van der Waals surface area (Å²) >= 11 is 5.96. The number of halogens is 2. The Morgan fingerprint density at radius 2 is 1.80 bits per heavy atom. The number of nitrogens with zero attached hydrogens (tertiary/aromatic N) is 5. The molecule has 1 aromatic carbocycles. The fourth-order valence-electron chi connectivity index (χ4n) is 3.67. The van der Waals surface area contributed by atoms with Crippen LogP contribution in [0.5, 0.6) is 0 Å². The summed E-state index contributed by atoms with van der Waals surface area (Å²) < 4.78 is 1.74. The Balaban J connectivity index is 0.00000256. The van der Waals surface area contributed by atoms with E-state index in [0.717, 1.165) is 36.5 Å². The Labute approximate surface area is 187 Å². The molecule has 4 rings (SSSR count). The first-order chi connectivity index (χ1) is 14.0. The van der Waals surface area contributed by atoms with Crippen molar-refractivity contribution in [1.29, 1.82) is 0 Å². The normalized spacial score (nSPS) is 16.5. The number of likely N-dealkylation sites (tertiary alicyclic amines) is 1. The van der Waals surface area contributed by atoms with Gasteiger partial charge in [-0.3, -0.25) is 4.90 Å². The number of benzene rings is 1. The molecular formula is C22H25Cl2N5O. The average Bonchev–Trinajstić information content (AvgIpc) is 3.11. The lowest BCUT2D eigenvalue weighted by Gasteiger charge is -2.38. The fourth-order valence-corrected chi connectivity index (χ4v) is 3.80. The molecule has 1 aliphatic heterocycles. The summed E-state index contributed by atoms with van der Waals surface area (Å²) in [4.78, 5) is 10.8. The van der Waals surface area contributed by atoms with Crippen molar-refractivity contribution in [2.24, 2.45) is 0 Å². The van der Waals surface area contributed by atoms with Crippen LogP contribution in [0.3, 0.4) is 0 Å². The average molecular weight is 446 g/mol. The Morgan fingerprint density at radius 3 is 2.47 bits per heavy atom. The van der Waals surface area contributed by atoms with Crippen LogP contribution < -0.4 is 0 Å². The van der Waals surface area contributed by atoms with Crippen LogP contribution in [-0.2, 0) is 5.60 Å². The lowest BCUT2D eigenvalue weighted by Crippen LogP contribution is -2.42. The van der Waals surface area contributed by atoms with Crippen LogP contribution >= 0.6 is 24.0 Å². The first-order valence-electron chi connectivity index (χ1n) is 9.74. The second kappa shape index (κ2) is 9.71. The monoisotopic (exact) mass is 445 g/mol. The van der Waals surface area contributed by atoms with Crippen LogP contribution in [0.15, 0.2) is 55.0 Å². The number of hydrogen-bond acceptors (Lipinski definition) is 5. The van der Waals surface area contributed by atoms with Crippen molar-refractivity contribution in [2.75, 3.05) is 19.6 Å². The van der Waals surface area contributed by atoms with Crippen molar-refractivity contribution in [1.82, 2.24) is 24.6 Å². The molecule has 0 spiro atoms. The molecule has 8 heteroatoms. The predicted octanol–water partition coefficient (Wildman–Crippen LogP) is 4.04. The topological polar surface area (TPSA) is 67.1 Å². The molecule has 1 saturated heterocycles.